The molecule has 0 unspecified atom stereocenters. The summed E-state index contributed by atoms with van der Waals surface area (Å²) in [6.07, 6.45) is -3.10. The van der Waals surface area contributed by atoms with E-state index in [0.717, 1.165) is 28.6 Å². The number of carboxylic acid groups (broad SMARTS) is 1. The summed E-state index contributed by atoms with van der Waals surface area (Å²) in [5.74, 6) is -1.65. The van der Waals surface area contributed by atoms with E-state index in [1.807, 2.05) is 30.3 Å². The number of aromatic nitrogens is 5. The SMILES string of the molecule is O=C(O)c1ccc(-c2ccc3nnn(Cc4ccc5ncccc5c4)c3n2)cc1C(F)(F)F. The Morgan fingerprint density at radius 1 is 1.00 bits per heavy atom. The van der Waals surface area contributed by atoms with Crippen LogP contribution in [0.5, 0.6) is 0 Å². The van der Waals surface area contributed by atoms with Crippen LogP contribution >= 0.6 is 0 Å². The standard InChI is InChI=1S/C23H14F3N5O2/c24-23(25,26)17-11-15(4-5-16(17)22(32)33)19-7-8-20-21(28-19)31(30-29-20)12-13-3-6-18-14(10-13)2-1-9-27-18/h1-11H,12H2,(H,32,33). The van der Waals surface area contributed by atoms with Crippen LogP contribution in [0.15, 0.2) is 66.9 Å². The minimum absolute atomic E-state index is 0.138. The van der Waals surface area contributed by atoms with Gasteiger partial charge in [-0.1, -0.05) is 23.4 Å². The van der Waals surface area contributed by atoms with Gasteiger partial charge in [0.25, 0.3) is 0 Å². The van der Waals surface area contributed by atoms with Gasteiger partial charge in [-0.25, -0.2) is 14.5 Å². The maximum Gasteiger partial charge on any atom is 0.417 e. The molecule has 1 N–H and O–H groups in total. The predicted octanol–water partition coefficient (Wildman–Crippen LogP) is 4.81. The molecule has 164 valence electrons. The number of alkyl halides is 3. The van der Waals surface area contributed by atoms with E-state index in [0.29, 0.717) is 17.7 Å². The highest BCUT2D eigenvalue weighted by atomic mass is 19.4. The number of halogens is 3. The molecule has 0 radical (unpaired) electrons. The lowest BCUT2D eigenvalue weighted by Crippen LogP contribution is -2.13. The van der Waals surface area contributed by atoms with Gasteiger partial charge in [0, 0.05) is 17.1 Å². The van der Waals surface area contributed by atoms with E-state index in [1.54, 1.807) is 16.9 Å². The number of hydrogen-bond donors (Lipinski definition) is 1. The van der Waals surface area contributed by atoms with E-state index >= 15 is 0 Å². The Morgan fingerprint density at radius 3 is 2.61 bits per heavy atom. The molecule has 10 heteroatoms. The number of fused-ring (bicyclic) bond motifs is 2. The van der Waals surface area contributed by atoms with Crippen molar-refractivity contribution in [2.24, 2.45) is 0 Å². The number of nitrogens with zero attached hydrogens (tertiary/aromatic N) is 5. The molecule has 5 rings (SSSR count). The molecular weight excluding hydrogens is 435 g/mol. The summed E-state index contributed by atoms with van der Waals surface area (Å²) in [5, 5.41) is 18.3. The molecule has 0 amide bonds. The van der Waals surface area contributed by atoms with Crippen LogP contribution in [0.1, 0.15) is 21.5 Å². The van der Waals surface area contributed by atoms with Gasteiger partial charge in [0.1, 0.15) is 5.52 Å². The third kappa shape index (κ3) is 3.86. The van der Waals surface area contributed by atoms with Crippen molar-refractivity contribution in [2.45, 2.75) is 12.7 Å². The fourth-order valence-electron chi connectivity index (χ4n) is 3.64. The predicted molar refractivity (Wildman–Crippen MR) is 114 cm³/mol. The summed E-state index contributed by atoms with van der Waals surface area (Å²) in [7, 11) is 0. The van der Waals surface area contributed by atoms with Crippen LogP contribution < -0.4 is 0 Å². The van der Waals surface area contributed by atoms with Gasteiger partial charge in [-0.3, -0.25) is 4.98 Å². The zero-order chi connectivity index (χ0) is 23.2. The van der Waals surface area contributed by atoms with Crippen LogP contribution in [0.4, 0.5) is 13.2 Å². The summed E-state index contributed by atoms with van der Waals surface area (Å²) in [6, 6.07) is 15.7. The van der Waals surface area contributed by atoms with Gasteiger partial charge >= 0.3 is 12.1 Å². The molecule has 5 aromatic rings. The second-order valence-electron chi connectivity index (χ2n) is 7.38. The van der Waals surface area contributed by atoms with E-state index in [1.165, 1.54) is 12.1 Å². The van der Waals surface area contributed by atoms with E-state index in [4.69, 9.17) is 5.11 Å². The van der Waals surface area contributed by atoms with Gasteiger partial charge in [-0.05, 0) is 48.0 Å². The van der Waals surface area contributed by atoms with Crippen molar-refractivity contribution in [1.82, 2.24) is 25.0 Å². The fourth-order valence-corrected chi connectivity index (χ4v) is 3.64. The third-order valence-corrected chi connectivity index (χ3v) is 5.21. The molecule has 0 saturated heterocycles. The van der Waals surface area contributed by atoms with Crippen LogP contribution in [0.2, 0.25) is 0 Å². The van der Waals surface area contributed by atoms with Crippen molar-refractivity contribution in [3.05, 3.63) is 83.6 Å². The summed E-state index contributed by atoms with van der Waals surface area (Å²) in [6.45, 7) is 0.351. The number of aromatic carboxylic acids is 1. The number of rotatable bonds is 4. The van der Waals surface area contributed by atoms with Crippen LogP contribution in [-0.2, 0) is 12.7 Å². The molecule has 0 fully saturated rings. The summed E-state index contributed by atoms with van der Waals surface area (Å²) >= 11 is 0. The lowest BCUT2D eigenvalue weighted by Gasteiger charge is -2.12. The average molecular weight is 449 g/mol. The minimum atomic E-state index is -4.82. The minimum Gasteiger partial charge on any atom is -0.478 e. The summed E-state index contributed by atoms with van der Waals surface area (Å²) in [4.78, 5) is 20.0. The Labute approximate surface area is 184 Å². The molecular formula is C23H14F3N5O2. The van der Waals surface area contributed by atoms with Crippen molar-refractivity contribution < 1.29 is 23.1 Å². The second-order valence-corrected chi connectivity index (χ2v) is 7.38. The van der Waals surface area contributed by atoms with Gasteiger partial charge in [0.15, 0.2) is 5.65 Å². The van der Waals surface area contributed by atoms with Gasteiger partial charge in [0.05, 0.1) is 28.9 Å². The van der Waals surface area contributed by atoms with E-state index in [9.17, 15) is 18.0 Å². The van der Waals surface area contributed by atoms with Crippen molar-refractivity contribution in [3.8, 4) is 11.3 Å². The van der Waals surface area contributed by atoms with Gasteiger partial charge in [-0.2, -0.15) is 13.2 Å². The van der Waals surface area contributed by atoms with Gasteiger partial charge in [0.2, 0.25) is 0 Å². The average Bonchev–Trinajstić information content (AvgIpc) is 3.20. The molecule has 3 heterocycles. The highest BCUT2D eigenvalue weighted by Crippen LogP contribution is 2.35. The van der Waals surface area contributed by atoms with E-state index < -0.39 is 23.3 Å². The lowest BCUT2D eigenvalue weighted by molar-refractivity contribution is -0.138. The maximum absolute atomic E-state index is 13.4. The quantitative estimate of drug-likeness (QED) is 0.423. The van der Waals surface area contributed by atoms with Crippen molar-refractivity contribution in [3.63, 3.8) is 0 Å². The van der Waals surface area contributed by atoms with Crippen molar-refractivity contribution in [2.75, 3.05) is 0 Å². The Kier molecular flexibility index (Phi) is 4.77. The van der Waals surface area contributed by atoms with Crippen LogP contribution in [0, 0.1) is 0 Å². The Hall–Kier alpha value is -4.34. The molecule has 0 aliphatic heterocycles. The third-order valence-electron chi connectivity index (χ3n) is 5.21. The molecule has 2 aromatic carbocycles. The molecule has 33 heavy (non-hydrogen) atoms. The number of benzene rings is 2. The van der Waals surface area contributed by atoms with Gasteiger partial charge < -0.3 is 5.11 Å². The van der Waals surface area contributed by atoms with Crippen molar-refractivity contribution >= 4 is 28.0 Å². The Bertz CT molecular complexity index is 1530. The Morgan fingerprint density at radius 2 is 1.82 bits per heavy atom. The molecule has 0 spiro atoms. The highest BCUT2D eigenvalue weighted by Gasteiger charge is 2.35. The zero-order valence-corrected chi connectivity index (χ0v) is 16.8. The normalized spacial score (nSPS) is 11.8. The van der Waals surface area contributed by atoms with Crippen molar-refractivity contribution in [1.29, 1.82) is 0 Å². The zero-order valence-electron chi connectivity index (χ0n) is 16.8. The smallest absolute Gasteiger partial charge is 0.417 e. The largest absolute Gasteiger partial charge is 0.478 e. The highest BCUT2D eigenvalue weighted by molar-refractivity contribution is 5.90. The number of carboxylic acids is 1. The number of pyridine rings is 2. The van der Waals surface area contributed by atoms with E-state index in [-0.39, 0.29) is 11.3 Å². The number of hydrogen-bond acceptors (Lipinski definition) is 5. The van der Waals surface area contributed by atoms with Crippen LogP contribution in [-0.4, -0.2) is 36.0 Å². The van der Waals surface area contributed by atoms with Crippen LogP contribution in [0.25, 0.3) is 33.3 Å². The summed E-state index contributed by atoms with van der Waals surface area (Å²) < 4.78 is 41.8. The molecule has 0 bridgehead atoms. The molecule has 7 nitrogen and oxygen atoms in total. The topological polar surface area (TPSA) is 93.8 Å². The summed E-state index contributed by atoms with van der Waals surface area (Å²) in [5.41, 5.74) is 1.01. The van der Waals surface area contributed by atoms with E-state index in [2.05, 4.69) is 20.3 Å². The first kappa shape index (κ1) is 20.6. The Balaban J connectivity index is 1.55. The fraction of sp³-hybridized carbons (Fsp3) is 0.0870. The van der Waals surface area contributed by atoms with Crippen LogP contribution in [0.3, 0.4) is 0 Å². The molecule has 3 aromatic heterocycles. The lowest BCUT2D eigenvalue weighted by atomic mass is 10.0. The first-order valence-electron chi connectivity index (χ1n) is 9.78. The molecule has 0 aliphatic carbocycles. The number of carbonyl (C=O) groups is 1. The maximum atomic E-state index is 13.4. The monoisotopic (exact) mass is 449 g/mol. The first-order chi connectivity index (χ1) is 15.8. The molecule has 0 saturated carbocycles. The molecule has 0 aliphatic rings. The first-order valence-corrected chi connectivity index (χ1v) is 9.78. The molecule has 0 atom stereocenters. The van der Waals surface area contributed by atoms with Gasteiger partial charge in [-0.15, -0.1) is 5.10 Å². The second kappa shape index (κ2) is 7.66.